The van der Waals surface area contributed by atoms with E-state index in [1.54, 1.807) is 18.2 Å². The molecule has 6 nitrogen and oxygen atoms in total. The Hall–Kier alpha value is -1.50. The summed E-state index contributed by atoms with van der Waals surface area (Å²) in [5.74, 6) is -0.439. The quantitative estimate of drug-likeness (QED) is 0.877. The van der Waals surface area contributed by atoms with Gasteiger partial charge in [-0.15, -0.1) is 12.4 Å². The summed E-state index contributed by atoms with van der Waals surface area (Å²) in [4.78, 5) is 26.3. The molecule has 138 valence electrons. The minimum Gasteiger partial charge on any atom is -0.408 e. The van der Waals surface area contributed by atoms with Gasteiger partial charge in [0.15, 0.2) is 5.58 Å². The summed E-state index contributed by atoms with van der Waals surface area (Å²) in [7, 11) is 0. The van der Waals surface area contributed by atoms with Crippen molar-refractivity contribution in [3.8, 4) is 0 Å². The molecule has 0 spiro atoms. The molecule has 1 aromatic carbocycles. The van der Waals surface area contributed by atoms with Gasteiger partial charge in [0, 0.05) is 43.2 Å². The minimum absolute atomic E-state index is 0. The monoisotopic (exact) mass is 387 g/mol. The number of fused-ring (bicyclic) bond motifs is 1. The molecule has 1 fully saturated rings. The van der Waals surface area contributed by atoms with E-state index in [-0.39, 0.29) is 42.7 Å². The van der Waals surface area contributed by atoms with Crippen LogP contribution in [0.25, 0.3) is 11.1 Å². The number of aromatic nitrogens is 1. The van der Waals surface area contributed by atoms with Crippen LogP contribution >= 0.6 is 24.0 Å². The van der Waals surface area contributed by atoms with E-state index in [1.165, 1.54) is 4.57 Å². The highest BCUT2D eigenvalue weighted by Gasteiger charge is 2.35. The number of nitrogens with zero attached hydrogens (tertiary/aromatic N) is 2. The van der Waals surface area contributed by atoms with Crippen molar-refractivity contribution in [3.63, 3.8) is 0 Å². The SMILES string of the molecule is CC1(C)CN(C(=O)CCn2c(=O)oc3cc(Cl)ccc32)CCC1N.Cl. The Kier molecular flexibility index (Phi) is 5.86. The molecule has 1 aromatic heterocycles. The third kappa shape index (κ3) is 4.02. The predicted molar refractivity (Wildman–Crippen MR) is 100 cm³/mol. The maximum Gasteiger partial charge on any atom is 0.419 e. The van der Waals surface area contributed by atoms with E-state index in [1.807, 2.05) is 4.90 Å². The number of aryl methyl sites for hydroxylation is 1. The van der Waals surface area contributed by atoms with E-state index in [0.29, 0.717) is 29.2 Å². The van der Waals surface area contributed by atoms with E-state index in [2.05, 4.69) is 13.8 Å². The second kappa shape index (κ2) is 7.40. The number of carbonyl (C=O) groups excluding carboxylic acids is 1. The zero-order valence-corrected chi connectivity index (χ0v) is 15.9. The van der Waals surface area contributed by atoms with Gasteiger partial charge in [-0.25, -0.2) is 4.79 Å². The largest absolute Gasteiger partial charge is 0.419 e. The first-order valence-corrected chi connectivity index (χ1v) is 8.48. The minimum atomic E-state index is -0.471. The van der Waals surface area contributed by atoms with E-state index < -0.39 is 5.76 Å². The summed E-state index contributed by atoms with van der Waals surface area (Å²) < 4.78 is 6.66. The van der Waals surface area contributed by atoms with Gasteiger partial charge in [0.2, 0.25) is 5.91 Å². The van der Waals surface area contributed by atoms with Crippen LogP contribution in [0.2, 0.25) is 5.02 Å². The summed E-state index contributed by atoms with van der Waals surface area (Å²) in [5, 5.41) is 0.506. The molecular weight excluding hydrogens is 365 g/mol. The molecule has 1 amide bonds. The normalized spacial score (nSPS) is 19.7. The number of likely N-dealkylation sites (tertiary alicyclic amines) is 1. The first kappa shape index (κ1) is 19.8. The molecule has 0 bridgehead atoms. The van der Waals surface area contributed by atoms with Gasteiger partial charge in [-0.2, -0.15) is 0 Å². The van der Waals surface area contributed by atoms with Crippen molar-refractivity contribution >= 4 is 41.0 Å². The Bertz CT molecular complexity index is 828. The maximum atomic E-state index is 12.5. The average Bonchev–Trinajstić information content (AvgIpc) is 2.82. The van der Waals surface area contributed by atoms with Crippen molar-refractivity contribution in [3.05, 3.63) is 33.8 Å². The van der Waals surface area contributed by atoms with Gasteiger partial charge in [0.1, 0.15) is 0 Å². The van der Waals surface area contributed by atoms with Crippen molar-refractivity contribution < 1.29 is 9.21 Å². The van der Waals surface area contributed by atoms with Crippen LogP contribution in [-0.4, -0.2) is 34.5 Å². The van der Waals surface area contributed by atoms with Gasteiger partial charge in [-0.3, -0.25) is 9.36 Å². The van der Waals surface area contributed by atoms with Gasteiger partial charge < -0.3 is 15.1 Å². The van der Waals surface area contributed by atoms with Crippen LogP contribution in [0.4, 0.5) is 0 Å². The number of halogens is 2. The van der Waals surface area contributed by atoms with Crippen molar-refractivity contribution in [1.29, 1.82) is 0 Å². The summed E-state index contributed by atoms with van der Waals surface area (Å²) in [5.41, 5.74) is 7.11. The Morgan fingerprint density at radius 1 is 1.44 bits per heavy atom. The number of carbonyl (C=O) groups is 1. The molecule has 8 heteroatoms. The lowest BCUT2D eigenvalue weighted by Gasteiger charge is -2.42. The first-order valence-electron chi connectivity index (χ1n) is 8.10. The smallest absolute Gasteiger partial charge is 0.408 e. The average molecular weight is 388 g/mol. The Balaban J connectivity index is 0.00000225. The molecule has 1 aliphatic rings. The Morgan fingerprint density at radius 2 is 2.16 bits per heavy atom. The topological polar surface area (TPSA) is 81.5 Å². The first-order chi connectivity index (χ1) is 11.3. The van der Waals surface area contributed by atoms with Crippen molar-refractivity contribution in [2.24, 2.45) is 11.1 Å². The summed E-state index contributed by atoms with van der Waals surface area (Å²) in [6, 6.07) is 5.14. The highest BCUT2D eigenvalue weighted by molar-refractivity contribution is 6.31. The molecule has 3 rings (SSSR count). The van der Waals surface area contributed by atoms with Crippen molar-refractivity contribution in [2.75, 3.05) is 13.1 Å². The summed E-state index contributed by atoms with van der Waals surface area (Å²) in [6.45, 7) is 5.75. The number of oxazole rings is 1. The highest BCUT2D eigenvalue weighted by Crippen LogP contribution is 2.28. The van der Waals surface area contributed by atoms with Gasteiger partial charge >= 0.3 is 5.76 Å². The van der Waals surface area contributed by atoms with Crippen LogP contribution in [0, 0.1) is 5.41 Å². The molecule has 0 aliphatic carbocycles. The summed E-state index contributed by atoms with van der Waals surface area (Å²) in [6.07, 6.45) is 1.05. The van der Waals surface area contributed by atoms with E-state index in [9.17, 15) is 9.59 Å². The zero-order valence-electron chi connectivity index (χ0n) is 14.3. The van der Waals surface area contributed by atoms with E-state index in [0.717, 1.165) is 6.42 Å². The van der Waals surface area contributed by atoms with Gasteiger partial charge in [-0.05, 0) is 24.0 Å². The van der Waals surface area contributed by atoms with Crippen LogP contribution in [0.1, 0.15) is 26.7 Å². The zero-order chi connectivity index (χ0) is 17.5. The Labute approximate surface area is 157 Å². The fraction of sp³-hybridized carbons (Fsp3) is 0.529. The number of piperidine rings is 1. The number of rotatable bonds is 3. The highest BCUT2D eigenvalue weighted by atomic mass is 35.5. The molecule has 0 saturated carbocycles. The molecule has 2 aromatic rings. The predicted octanol–water partition coefficient (Wildman–Crippen LogP) is 2.65. The standard InChI is InChI=1S/C17H22ClN3O3.ClH/c1-17(2)10-20(7-5-14(17)19)15(22)6-8-21-12-4-3-11(18)9-13(12)24-16(21)23;/h3-4,9,14H,5-8,10,19H2,1-2H3;1H. The van der Waals surface area contributed by atoms with Gasteiger partial charge in [0.05, 0.1) is 5.52 Å². The Morgan fingerprint density at radius 3 is 2.84 bits per heavy atom. The molecule has 1 atom stereocenters. The fourth-order valence-corrected chi connectivity index (χ4v) is 3.37. The van der Waals surface area contributed by atoms with Gasteiger partial charge in [-0.1, -0.05) is 25.4 Å². The third-order valence-corrected chi connectivity index (χ3v) is 5.08. The lowest BCUT2D eigenvalue weighted by Crippen LogP contribution is -2.54. The van der Waals surface area contributed by atoms with Crippen LogP contribution in [0.15, 0.2) is 27.4 Å². The number of hydrogen-bond acceptors (Lipinski definition) is 4. The lowest BCUT2D eigenvalue weighted by atomic mass is 9.79. The van der Waals surface area contributed by atoms with Crippen LogP contribution in [0.5, 0.6) is 0 Å². The number of nitrogens with two attached hydrogens (primary N) is 1. The van der Waals surface area contributed by atoms with E-state index in [4.69, 9.17) is 21.8 Å². The van der Waals surface area contributed by atoms with Gasteiger partial charge in [0.25, 0.3) is 0 Å². The van der Waals surface area contributed by atoms with Crippen molar-refractivity contribution in [2.45, 2.75) is 39.3 Å². The molecule has 1 unspecified atom stereocenters. The van der Waals surface area contributed by atoms with Crippen molar-refractivity contribution in [1.82, 2.24) is 9.47 Å². The third-order valence-electron chi connectivity index (χ3n) is 4.84. The lowest BCUT2D eigenvalue weighted by molar-refractivity contribution is -0.134. The molecule has 1 aliphatic heterocycles. The summed E-state index contributed by atoms with van der Waals surface area (Å²) >= 11 is 5.91. The number of hydrogen-bond donors (Lipinski definition) is 1. The fourth-order valence-electron chi connectivity index (χ4n) is 3.20. The second-order valence-corrected chi connectivity index (χ2v) is 7.52. The number of amides is 1. The molecule has 2 N–H and O–H groups in total. The molecule has 25 heavy (non-hydrogen) atoms. The van der Waals surface area contributed by atoms with Crippen LogP contribution in [0.3, 0.4) is 0 Å². The number of benzene rings is 1. The molecular formula is C17H23Cl2N3O3. The molecule has 2 heterocycles. The molecule has 0 radical (unpaired) electrons. The van der Waals surface area contributed by atoms with Crippen LogP contribution in [-0.2, 0) is 11.3 Å². The van der Waals surface area contributed by atoms with Crippen LogP contribution < -0.4 is 11.5 Å². The molecule has 1 saturated heterocycles. The maximum absolute atomic E-state index is 12.5. The second-order valence-electron chi connectivity index (χ2n) is 7.08. The van der Waals surface area contributed by atoms with E-state index >= 15 is 0 Å².